The van der Waals surface area contributed by atoms with Gasteiger partial charge in [0.2, 0.25) is 0 Å². The Balaban J connectivity index is 2.95. The third-order valence-corrected chi connectivity index (χ3v) is 2.28. The molecular weight excluding hydrogens is 235 g/mol. The predicted octanol–water partition coefficient (Wildman–Crippen LogP) is 2.40. The molecule has 1 rings (SSSR count). The van der Waals surface area contributed by atoms with Gasteiger partial charge in [0.25, 0.3) is 0 Å². The van der Waals surface area contributed by atoms with Crippen LogP contribution >= 0.6 is 11.6 Å². The van der Waals surface area contributed by atoms with Gasteiger partial charge in [-0.25, -0.2) is 4.39 Å². The number of aldehydes is 1. The minimum atomic E-state index is -0.701. The summed E-state index contributed by atoms with van der Waals surface area (Å²) < 4.78 is 17.8. The summed E-state index contributed by atoms with van der Waals surface area (Å²) in [6.07, 6.45) is 0.300. The molecule has 1 aromatic rings. The fraction of sp³-hybridized carbons (Fsp3) is 0.273. The van der Waals surface area contributed by atoms with Gasteiger partial charge >= 0.3 is 5.97 Å². The largest absolute Gasteiger partial charge is 0.466 e. The van der Waals surface area contributed by atoms with Gasteiger partial charge in [-0.1, -0.05) is 11.6 Å². The summed E-state index contributed by atoms with van der Waals surface area (Å²) in [5.41, 5.74) is 0.257. The van der Waals surface area contributed by atoms with Crippen molar-refractivity contribution in [1.29, 1.82) is 0 Å². The normalized spacial score (nSPS) is 9.94. The summed E-state index contributed by atoms with van der Waals surface area (Å²) in [6, 6.07) is 2.27. The van der Waals surface area contributed by atoms with Crippen molar-refractivity contribution in [3.63, 3.8) is 0 Å². The van der Waals surface area contributed by atoms with Crippen molar-refractivity contribution in [3.05, 3.63) is 34.1 Å². The maximum Gasteiger partial charge on any atom is 0.310 e. The maximum atomic E-state index is 13.1. The van der Waals surface area contributed by atoms with Crippen molar-refractivity contribution >= 4 is 23.9 Å². The number of benzene rings is 1. The molecule has 5 heteroatoms. The van der Waals surface area contributed by atoms with Crippen molar-refractivity contribution in [2.24, 2.45) is 0 Å². The molecule has 16 heavy (non-hydrogen) atoms. The first-order chi connectivity index (χ1) is 7.58. The van der Waals surface area contributed by atoms with Crippen molar-refractivity contribution in [3.8, 4) is 0 Å². The molecular formula is C11H10ClFO3. The van der Waals surface area contributed by atoms with Crippen LogP contribution in [0, 0.1) is 5.82 Å². The number of rotatable bonds is 4. The summed E-state index contributed by atoms with van der Waals surface area (Å²) in [4.78, 5) is 21.7. The third kappa shape index (κ3) is 3.03. The van der Waals surface area contributed by atoms with Gasteiger partial charge in [-0.05, 0) is 24.6 Å². The smallest absolute Gasteiger partial charge is 0.310 e. The van der Waals surface area contributed by atoms with Gasteiger partial charge in [0.15, 0.2) is 6.29 Å². The average Bonchev–Trinajstić information content (AvgIpc) is 2.22. The van der Waals surface area contributed by atoms with E-state index < -0.39 is 11.8 Å². The van der Waals surface area contributed by atoms with E-state index >= 15 is 0 Å². The standard InChI is InChI=1S/C11H10ClFO3/c1-2-16-11(15)4-7-3-8(6-14)10(13)5-9(7)12/h3,5-6H,2,4H2,1H3. The SMILES string of the molecule is CCOC(=O)Cc1cc(C=O)c(F)cc1Cl. The van der Waals surface area contributed by atoms with Gasteiger partial charge in [0, 0.05) is 5.02 Å². The van der Waals surface area contributed by atoms with E-state index in [1.165, 1.54) is 6.07 Å². The highest BCUT2D eigenvalue weighted by Crippen LogP contribution is 2.20. The van der Waals surface area contributed by atoms with E-state index in [2.05, 4.69) is 0 Å². The molecule has 0 bridgehead atoms. The lowest BCUT2D eigenvalue weighted by Crippen LogP contribution is -2.08. The zero-order valence-electron chi connectivity index (χ0n) is 8.63. The highest BCUT2D eigenvalue weighted by molar-refractivity contribution is 6.31. The molecule has 0 heterocycles. The van der Waals surface area contributed by atoms with Crippen LogP contribution in [0.1, 0.15) is 22.8 Å². The number of hydrogen-bond acceptors (Lipinski definition) is 3. The molecule has 0 aliphatic rings. The van der Waals surface area contributed by atoms with Crippen LogP contribution in [-0.2, 0) is 16.0 Å². The van der Waals surface area contributed by atoms with Crippen molar-refractivity contribution < 1.29 is 18.7 Å². The van der Waals surface area contributed by atoms with Crippen LogP contribution in [0.3, 0.4) is 0 Å². The van der Waals surface area contributed by atoms with Gasteiger partial charge in [-0.15, -0.1) is 0 Å². The minimum absolute atomic E-state index is 0.0756. The lowest BCUT2D eigenvalue weighted by Gasteiger charge is -2.05. The zero-order valence-corrected chi connectivity index (χ0v) is 9.38. The van der Waals surface area contributed by atoms with E-state index in [0.717, 1.165) is 6.07 Å². The quantitative estimate of drug-likeness (QED) is 0.603. The second-order valence-corrected chi connectivity index (χ2v) is 3.47. The van der Waals surface area contributed by atoms with E-state index in [-0.39, 0.29) is 23.6 Å². The molecule has 0 aliphatic carbocycles. The molecule has 3 nitrogen and oxygen atoms in total. The molecule has 0 N–H and O–H groups in total. The molecule has 0 saturated heterocycles. The van der Waals surface area contributed by atoms with Crippen LogP contribution in [-0.4, -0.2) is 18.9 Å². The monoisotopic (exact) mass is 244 g/mol. The van der Waals surface area contributed by atoms with Gasteiger partial charge in [0.1, 0.15) is 5.82 Å². The second-order valence-electron chi connectivity index (χ2n) is 3.06. The number of carbonyl (C=O) groups is 2. The van der Waals surface area contributed by atoms with Crippen LogP contribution in [0.5, 0.6) is 0 Å². The molecule has 0 fully saturated rings. The first-order valence-corrected chi connectivity index (χ1v) is 5.05. The first-order valence-electron chi connectivity index (χ1n) is 4.67. The molecule has 1 aromatic carbocycles. The number of carbonyl (C=O) groups excluding carboxylic acids is 2. The van der Waals surface area contributed by atoms with E-state index in [0.29, 0.717) is 11.8 Å². The lowest BCUT2D eigenvalue weighted by molar-refractivity contribution is -0.142. The number of halogens is 2. The Morgan fingerprint density at radius 1 is 1.56 bits per heavy atom. The Kier molecular flexibility index (Phi) is 4.43. The summed E-state index contributed by atoms with van der Waals surface area (Å²) in [6.45, 7) is 1.94. The summed E-state index contributed by atoms with van der Waals surface area (Å²) in [7, 11) is 0. The molecule has 0 amide bonds. The van der Waals surface area contributed by atoms with Crippen LogP contribution in [0.2, 0.25) is 5.02 Å². The lowest BCUT2D eigenvalue weighted by atomic mass is 10.1. The van der Waals surface area contributed by atoms with Gasteiger partial charge in [0.05, 0.1) is 18.6 Å². The van der Waals surface area contributed by atoms with E-state index in [1.807, 2.05) is 0 Å². The average molecular weight is 245 g/mol. The molecule has 86 valence electrons. The Labute approximate surface area is 97.2 Å². The number of hydrogen-bond donors (Lipinski definition) is 0. The summed E-state index contributed by atoms with van der Waals surface area (Å²) in [5.74, 6) is -1.17. The molecule has 0 aliphatic heterocycles. The Hall–Kier alpha value is -1.42. The maximum absolute atomic E-state index is 13.1. The zero-order chi connectivity index (χ0) is 12.1. The van der Waals surface area contributed by atoms with Crippen LogP contribution in [0.25, 0.3) is 0 Å². The Bertz CT molecular complexity index is 418. The topological polar surface area (TPSA) is 43.4 Å². The first kappa shape index (κ1) is 12.6. The molecule has 0 radical (unpaired) electrons. The van der Waals surface area contributed by atoms with Crippen LogP contribution in [0.15, 0.2) is 12.1 Å². The third-order valence-electron chi connectivity index (χ3n) is 1.93. The highest BCUT2D eigenvalue weighted by atomic mass is 35.5. The number of ether oxygens (including phenoxy) is 1. The van der Waals surface area contributed by atoms with E-state index in [1.54, 1.807) is 6.92 Å². The van der Waals surface area contributed by atoms with Crippen molar-refractivity contribution in [2.45, 2.75) is 13.3 Å². The highest BCUT2D eigenvalue weighted by Gasteiger charge is 2.12. The molecule has 0 aromatic heterocycles. The van der Waals surface area contributed by atoms with Gasteiger partial charge in [-0.2, -0.15) is 0 Å². The predicted molar refractivity (Wildman–Crippen MR) is 57.1 cm³/mol. The van der Waals surface area contributed by atoms with Crippen molar-refractivity contribution in [2.75, 3.05) is 6.61 Å². The van der Waals surface area contributed by atoms with Crippen LogP contribution in [0.4, 0.5) is 4.39 Å². The van der Waals surface area contributed by atoms with Gasteiger partial charge < -0.3 is 4.74 Å². The van der Waals surface area contributed by atoms with Gasteiger partial charge in [-0.3, -0.25) is 9.59 Å². The molecule has 0 saturated carbocycles. The molecule has 0 atom stereocenters. The Morgan fingerprint density at radius 3 is 2.81 bits per heavy atom. The van der Waals surface area contributed by atoms with E-state index in [9.17, 15) is 14.0 Å². The molecule has 0 unspecified atom stereocenters. The van der Waals surface area contributed by atoms with Crippen molar-refractivity contribution in [1.82, 2.24) is 0 Å². The minimum Gasteiger partial charge on any atom is -0.466 e. The molecule has 0 spiro atoms. The summed E-state index contributed by atoms with van der Waals surface area (Å²) in [5, 5.41) is 0.108. The fourth-order valence-electron chi connectivity index (χ4n) is 1.21. The number of esters is 1. The Morgan fingerprint density at radius 2 is 2.25 bits per heavy atom. The van der Waals surface area contributed by atoms with Crippen LogP contribution < -0.4 is 0 Å². The second kappa shape index (κ2) is 5.61. The summed E-state index contributed by atoms with van der Waals surface area (Å²) >= 11 is 5.74. The van der Waals surface area contributed by atoms with E-state index in [4.69, 9.17) is 16.3 Å². The fourth-order valence-corrected chi connectivity index (χ4v) is 1.42.